The fourth-order valence-corrected chi connectivity index (χ4v) is 2.49. The van der Waals surface area contributed by atoms with Crippen LogP contribution in [0.4, 0.5) is 0 Å². The maximum Gasteiger partial charge on any atom is 0.347 e. The van der Waals surface area contributed by atoms with E-state index < -0.39 is 12.3 Å². The third kappa shape index (κ3) is 4.35. The molecule has 26 heavy (non-hydrogen) atoms. The summed E-state index contributed by atoms with van der Waals surface area (Å²) in [4.78, 5) is 12.7. The standard InChI is InChI=1S/C21H17ClO4/c1-14-11-20(25-15(14)2)24-13-19(16-7-4-3-5-8-16)21(23)26-18-10-6-9-17(22)12-18/h3-13,20H,2H2,1H3/b19-13+. The SMILES string of the molecule is C=C1OC(O/C=C(/C(=O)Oc2cccc(Cl)c2)c2ccccc2)C=C1C. The summed E-state index contributed by atoms with van der Waals surface area (Å²) in [5.74, 6) is 0.340. The molecule has 4 nitrogen and oxygen atoms in total. The number of allylic oxidation sites excluding steroid dienone is 1. The third-order valence-corrected chi connectivity index (χ3v) is 3.95. The monoisotopic (exact) mass is 368 g/mol. The quantitative estimate of drug-likeness (QED) is 0.318. The molecule has 1 aliphatic rings. The van der Waals surface area contributed by atoms with Crippen LogP contribution in [0.5, 0.6) is 5.75 Å². The molecule has 0 saturated heterocycles. The first-order valence-electron chi connectivity index (χ1n) is 7.96. The number of hydrogen-bond donors (Lipinski definition) is 0. The molecule has 5 heteroatoms. The zero-order valence-corrected chi connectivity index (χ0v) is 14.9. The number of carbonyl (C=O) groups is 1. The molecule has 132 valence electrons. The largest absolute Gasteiger partial charge is 0.458 e. The van der Waals surface area contributed by atoms with E-state index >= 15 is 0 Å². The van der Waals surface area contributed by atoms with Crippen molar-refractivity contribution in [1.82, 2.24) is 0 Å². The van der Waals surface area contributed by atoms with Crippen molar-refractivity contribution >= 4 is 23.1 Å². The average molecular weight is 369 g/mol. The van der Waals surface area contributed by atoms with Gasteiger partial charge in [0.2, 0.25) is 0 Å². The van der Waals surface area contributed by atoms with E-state index in [0.29, 0.717) is 22.1 Å². The van der Waals surface area contributed by atoms with E-state index in [9.17, 15) is 4.79 Å². The van der Waals surface area contributed by atoms with Gasteiger partial charge in [0.15, 0.2) is 0 Å². The maximum atomic E-state index is 12.7. The van der Waals surface area contributed by atoms with Crippen LogP contribution in [0.3, 0.4) is 0 Å². The van der Waals surface area contributed by atoms with Crippen molar-refractivity contribution in [3.05, 3.63) is 95.4 Å². The Bertz CT molecular complexity index is 884. The van der Waals surface area contributed by atoms with Gasteiger partial charge in [-0.05, 0) is 36.3 Å². The van der Waals surface area contributed by atoms with Crippen molar-refractivity contribution in [2.45, 2.75) is 13.2 Å². The normalized spacial score (nSPS) is 16.7. The molecule has 0 N–H and O–H groups in total. The van der Waals surface area contributed by atoms with Crippen LogP contribution < -0.4 is 4.74 Å². The molecule has 2 aromatic carbocycles. The molecule has 0 saturated carbocycles. The lowest BCUT2D eigenvalue weighted by atomic mass is 10.1. The molecule has 2 aromatic rings. The van der Waals surface area contributed by atoms with Crippen LogP contribution >= 0.6 is 11.6 Å². The Morgan fingerprint density at radius 1 is 1.19 bits per heavy atom. The van der Waals surface area contributed by atoms with Crippen LogP contribution in [0.15, 0.2) is 84.8 Å². The Balaban J connectivity index is 1.82. The number of hydrogen-bond acceptors (Lipinski definition) is 4. The van der Waals surface area contributed by atoms with E-state index in [1.54, 1.807) is 42.5 Å². The summed E-state index contributed by atoms with van der Waals surface area (Å²) < 4.78 is 16.5. The van der Waals surface area contributed by atoms with E-state index in [1.807, 2.05) is 25.1 Å². The molecule has 1 heterocycles. The van der Waals surface area contributed by atoms with Crippen molar-refractivity contribution < 1.29 is 19.0 Å². The van der Waals surface area contributed by atoms with Gasteiger partial charge in [-0.2, -0.15) is 0 Å². The molecule has 0 fully saturated rings. The molecule has 1 atom stereocenters. The number of benzene rings is 2. The Morgan fingerprint density at radius 3 is 2.62 bits per heavy atom. The first kappa shape index (κ1) is 17.8. The van der Waals surface area contributed by atoms with Gasteiger partial charge in [0.05, 0.1) is 0 Å². The van der Waals surface area contributed by atoms with Crippen LogP contribution in [-0.4, -0.2) is 12.3 Å². The average Bonchev–Trinajstić information content (AvgIpc) is 2.94. The van der Waals surface area contributed by atoms with Crippen molar-refractivity contribution in [3.8, 4) is 5.75 Å². The van der Waals surface area contributed by atoms with Crippen molar-refractivity contribution in [3.63, 3.8) is 0 Å². The predicted octanol–water partition coefficient (Wildman–Crippen LogP) is 5.12. The third-order valence-electron chi connectivity index (χ3n) is 3.72. The number of carbonyl (C=O) groups excluding carboxylic acids is 1. The van der Waals surface area contributed by atoms with Crippen LogP contribution in [0, 0.1) is 0 Å². The lowest BCUT2D eigenvalue weighted by Gasteiger charge is -2.12. The molecule has 0 amide bonds. The molecule has 1 unspecified atom stereocenters. The zero-order valence-electron chi connectivity index (χ0n) is 14.1. The van der Waals surface area contributed by atoms with E-state index in [4.69, 9.17) is 25.8 Å². The number of halogens is 1. The summed E-state index contributed by atoms with van der Waals surface area (Å²) in [6.07, 6.45) is 2.50. The number of rotatable bonds is 5. The summed E-state index contributed by atoms with van der Waals surface area (Å²) in [6.45, 7) is 5.65. The van der Waals surface area contributed by atoms with Crippen LogP contribution in [-0.2, 0) is 14.3 Å². The lowest BCUT2D eigenvalue weighted by molar-refractivity contribution is -0.128. The van der Waals surface area contributed by atoms with E-state index in [0.717, 1.165) is 5.57 Å². The van der Waals surface area contributed by atoms with Crippen molar-refractivity contribution in [1.29, 1.82) is 0 Å². The number of ether oxygens (including phenoxy) is 3. The molecule has 3 rings (SSSR count). The molecule has 0 spiro atoms. The highest BCUT2D eigenvalue weighted by Gasteiger charge is 2.20. The molecular formula is C21H17ClO4. The second-order valence-electron chi connectivity index (χ2n) is 5.64. The molecule has 0 aliphatic carbocycles. The molecule has 0 bridgehead atoms. The minimum absolute atomic E-state index is 0.262. The fraction of sp³-hybridized carbons (Fsp3) is 0.0952. The van der Waals surface area contributed by atoms with Gasteiger partial charge in [0, 0.05) is 11.1 Å². The summed E-state index contributed by atoms with van der Waals surface area (Å²) in [7, 11) is 0. The van der Waals surface area contributed by atoms with Gasteiger partial charge in [-0.1, -0.05) is 54.6 Å². The van der Waals surface area contributed by atoms with Gasteiger partial charge in [-0.3, -0.25) is 0 Å². The topological polar surface area (TPSA) is 44.8 Å². The van der Waals surface area contributed by atoms with Gasteiger partial charge >= 0.3 is 5.97 Å². The minimum atomic E-state index is -0.625. The predicted molar refractivity (Wildman–Crippen MR) is 100 cm³/mol. The molecular weight excluding hydrogens is 352 g/mol. The first-order chi connectivity index (χ1) is 12.5. The Morgan fingerprint density at radius 2 is 1.96 bits per heavy atom. The Hall–Kier alpha value is -2.98. The Kier molecular flexibility index (Phi) is 5.44. The van der Waals surface area contributed by atoms with Crippen LogP contribution in [0.2, 0.25) is 5.02 Å². The van der Waals surface area contributed by atoms with Crippen LogP contribution in [0.25, 0.3) is 5.57 Å². The summed E-state index contributed by atoms with van der Waals surface area (Å²) in [6, 6.07) is 15.7. The van der Waals surface area contributed by atoms with Crippen molar-refractivity contribution in [2.75, 3.05) is 0 Å². The van der Waals surface area contributed by atoms with E-state index in [1.165, 1.54) is 6.26 Å². The lowest BCUT2D eigenvalue weighted by Crippen LogP contribution is -2.13. The van der Waals surface area contributed by atoms with E-state index in [-0.39, 0.29) is 5.57 Å². The van der Waals surface area contributed by atoms with Gasteiger partial charge in [0.1, 0.15) is 23.3 Å². The van der Waals surface area contributed by atoms with Gasteiger partial charge in [0.25, 0.3) is 6.29 Å². The highest BCUT2D eigenvalue weighted by molar-refractivity contribution is 6.30. The van der Waals surface area contributed by atoms with Gasteiger partial charge in [-0.25, -0.2) is 4.79 Å². The second kappa shape index (κ2) is 7.93. The highest BCUT2D eigenvalue weighted by Crippen LogP contribution is 2.25. The maximum absolute atomic E-state index is 12.7. The second-order valence-corrected chi connectivity index (χ2v) is 6.08. The molecule has 0 aromatic heterocycles. The fourth-order valence-electron chi connectivity index (χ4n) is 2.31. The highest BCUT2D eigenvalue weighted by atomic mass is 35.5. The zero-order chi connectivity index (χ0) is 18.5. The molecule has 0 radical (unpaired) electrons. The first-order valence-corrected chi connectivity index (χ1v) is 8.34. The minimum Gasteiger partial charge on any atom is -0.458 e. The van der Waals surface area contributed by atoms with Gasteiger partial charge < -0.3 is 14.2 Å². The summed E-state index contributed by atoms with van der Waals surface area (Å²) >= 11 is 5.94. The summed E-state index contributed by atoms with van der Waals surface area (Å²) in [5, 5.41) is 0.482. The van der Waals surface area contributed by atoms with E-state index in [2.05, 4.69) is 6.58 Å². The summed E-state index contributed by atoms with van der Waals surface area (Å²) in [5.41, 5.74) is 1.82. The Labute approximate surface area is 157 Å². The van der Waals surface area contributed by atoms with Crippen LogP contribution in [0.1, 0.15) is 12.5 Å². The number of esters is 1. The smallest absolute Gasteiger partial charge is 0.347 e. The van der Waals surface area contributed by atoms with Crippen molar-refractivity contribution in [2.24, 2.45) is 0 Å². The van der Waals surface area contributed by atoms with Gasteiger partial charge in [-0.15, -0.1) is 0 Å². The molecule has 1 aliphatic heterocycles.